The van der Waals surface area contributed by atoms with Crippen LogP contribution in [0.1, 0.15) is 11.1 Å². The molecule has 0 saturated carbocycles. The van der Waals surface area contributed by atoms with Crippen molar-refractivity contribution in [3.05, 3.63) is 70.0 Å². The largest absolute Gasteiger partial charge is 0.383 e. The number of nitrogens with zero attached hydrogens (tertiary/aromatic N) is 3. The van der Waals surface area contributed by atoms with Crippen molar-refractivity contribution in [2.45, 2.75) is 6.54 Å². The Hall–Kier alpha value is -2.76. The maximum Gasteiger partial charge on any atom is 0.269 e. The number of pyridine rings is 1. The Bertz CT molecular complexity index is 594. The van der Waals surface area contributed by atoms with Crippen molar-refractivity contribution in [3.8, 4) is 0 Å². The second-order valence-corrected chi connectivity index (χ2v) is 3.87. The summed E-state index contributed by atoms with van der Waals surface area (Å²) in [4.78, 5) is 18.3. The van der Waals surface area contributed by atoms with Crippen LogP contribution in [0.15, 0.2) is 53.8 Å². The van der Waals surface area contributed by atoms with Gasteiger partial charge in [-0.3, -0.25) is 20.1 Å². The molecule has 0 aliphatic heterocycles. The molecular weight excluding hydrogens is 244 g/mol. The van der Waals surface area contributed by atoms with E-state index < -0.39 is 4.92 Å². The van der Waals surface area contributed by atoms with Crippen molar-refractivity contribution in [1.82, 2.24) is 4.98 Å². The summed E-state index contributed by atoms with van der Waals surface area (Å²) >= 11 is 0. The highest BCUT2D eigenvalue weighted by atomic mass is 16.6. The number of nitro groups is 1. The van der Waals surface area contributed by atoms with Crippen molar-refractivity contribution in [1.29, 1.82) is 0 Å². The topological polar surface area (TPSA) is 94.4 Å². The van der Waals surface area contributed by atoms with E-state index >= 15 is 0 Å². The average molecular weight is 256 g/mol. The Morgan fingerprint density at radius 3 is 2.63 bits per heavy atom. The van der Waals surface area contributed by atoms with Crippen LogP contribution in [0, 0.1) is 10.1 Å². The fourth-order valence-electron chi connectivity index (χ4n) is 1.51. The molecule has 0 unspecified atom stereocenters. The minimum atomic E-state index is -0.433. The molecule has 0 aliphatic rings. The molecule has 0 fully saturated rings. The molecular formula is C13H12N4O2. The van der Waals surface area contributed by atoms with Gasteiger partial charge in [0.2, 0.25) is 0 Å². The number of rotatable bonds is 4. The van der Waals surface area contributed by atoms with Crippen LogP contribution in [0.2, 0.25) is 0 Å². The molecule has 19 heavy (non-hydrogen) atoms. The van der Waals surface area contributed by atoms with E-state index in [-0.39, 0.29) is 5.69 Å². The molecule has 96 valence electrons. The molecule has 1 heterocycles. The number of benzene rings is 1. The Morgan fingerprint density at radius 1 is 1.32 bits per heavy atom. The Morgan fingerprint density at radius 2 is 2.05 bits per heavy atom. The molecule has 0 radical (unpaired) electrons. The zero-order valence-corrected chi connectivity index (χ0v) is 10.1. The van der Waals surface area contributed by atoms with Gasteiger partial charge in [0.05, 0.1) is 11.5 Å². The van der Waals surface area contributed by atoms with Crippen LogP contribution in [0.3, 0.4) is 0 Å². The van der Waals surface area contributed by atoms with Gasteiger partial charge in [-0.1, -0.05) is 12.1 Å². The van der Waals surface area contributed by atoms with Gasteiger partial charge in [0.15, 0.2) is 0 Å². The normalized spacial score (nSPS) is 11.3. The Kier molecular flexibility index (Phi) is 3.82. The third-order valence-electron chi connectivity index (χ3n) is 2.54. The molecule has 0 aliphatic carbocycles. The van der Waals surface area contributed by atoms with Crippen LogP contribution in [-0.4, -0.2) is 15.7 Å². The van der Waals surface area contributed by atoms with Crippen LogP contribution >= 0.6 is 0 Å². The first-order valence-corrected chi connectivity index (χ1v) is 5.60. The van der Waals surface area contributed by atoms with Crippen LogP contribution in [0.5, 0.6) is 0 Å². The standard InChI is InChI=1S/C13H12N4O2/c14-13(11-2-1-7-15-9-11)16-8-10-3-5-12(6-4-10)17(18)19/h1-7,9H,8H2,(H2,14,16). The lowest BCUT2D eigenvalue weighted by Gasteiger charge is -2.01. The number of aliphatic imine (C=N–C) groups is 1. The molecule has 0 atom stereocenters. The number of non-ortho nitro benzene ring substituents is 1. The van der Waals surface area contributed by atoms with Crippen LogP contribution in [-0.2, 0) is 6.54 Å². The smallest absolute Gasteiger partial charge is 0.269 e. The van der Waals surface area contributed by atoms with E-state index in [9.17, 15) is 10.1 Å². The van der Waals surface area contributed by atoms with E-state index in [1.807, 2.05) is 6.07 Å². The first-order valence-electron chi connectivity index (χ1n) is 5.60. The number of hydrogen-bond donors (Lipinski definition) is 1. The first kappa shape index (κ1) is 12.7. The molecule has 1 aromatic carbocycles. The lowest BCUT2D eigenvalue weighted by atomic mass is 10.2. The van der Waals surface area contributed by atoms with E-state index in [0.29, 0.717) is 12.4 Å². The summed E-state index contributed by atoms with van der Waals surface area (Å²) in [6.07, 6.45) is 3.29. The fraction of sp³-hybridized carbons (Fsp3) is 0.0769. The fourth-order valence-corrected chi connectivity index (χ4v) is 1.51. The predicted molar refractivity (Wildman–Crippen MR) is 71.8 cm³/mol. The summed E-state index contributed by atoms with van der Waals surface area (Å²) in [5.41, 5.74) is 7.50. The Labute approximate surface area is 109 Å². The van der Waals surface area contributed by atoms with Crippen molar-refractivity contribution >= 4 is 11.5 Å². The van der Waals surface area contributed by atoms with Crippen LogP contribution in [0.25, 0.3) is 0 Å². The quantitative estimate of drug-likeness (QED) is 0.391. The number of aromatic nitrogens is 1. The van der Waals surface area contributed by atoms with Gasteiger partial charge in [0.25, 0.3) is 5.69 Å². The zero-order valence-electron chi connectivity index (χ0n) is 10.1. The van der Waals surface area contributed by atoms with E-state index in [4.69, 9.17) is 5.73 Å². The Balaban J connectivity index is 2.08. The van der Waals surface area contributed by atoms with Gasteiger partial charge in [-0.25, -0.2) is 0 Å². The minimum Gasteiger partial charge on any atom is -0.383 e. The maximum absolute atomic E-state index is 10.5. The van der Waals surface area contributed by atoms with Gasteiger partial charge >= 0.3 is 0 Å². The molecule has 2 aromatic rings. The number of amidine groups is 1. The van der Waals surface area contributed by atoms with Gasteiger partial charge in [0.1, 0.15) is 5.84 Å². The summed E-state index contributed by atoms with van der Waals surface area (Å²) in [5.74, 6) is 0.395. The molecule has 0 bridgehead atoms. The monoisotopic (exact) mass is 256 g/mol. The van der Waals surface area contributed by atoms with E-state index in [0.717, 1.165) is 11.1 Å². The average Bonchev–Trinajstić information content (AvgIpc) is 2.46. The molecule has 6 heteroatoms. The lowest BCUT2D eigenvalue weighted by Crippen LogP contribution is -2.13. The van der Waals surface area contributed by atoms with E-state index in [2.05, 4.69) is 9.98 Å². The molecule has 0 saturated heterocycles. The lowest BCUT2D eigenvalue weighted by molar-refractivity contribution is -0.384. The summed E-state index contributed by atoms with van der Waals surface area (Å²) in [5, 5.41) is 10.5. The maximum atomic E-state index is 10.5. The molecule has 0 amide bonds. The van der Waals surface area contributed by atoms with Crippen molar-refractivity contribution in [3.63, 3.8) is 0 Å². The first-order chi connectivity index (χ1) is 9.16. The van der Waals surface area contributed by atoms with Gasteiger partial charge < -0.3 is 5.73 Å². The summed E-state index contributed by atoms with van der Waals surface area (Å²) in [6.45, 7) is 0.374. The minimum absolute atomic E-state index is 0.0629. The van der Waals surface area contributed by atoms with Gasteiger partial charge in [-0.2, -0.15) is 0 Å². The summed E-state index contributed by atoms with van der Waals surface area (Å²) in [6, 6.07) is 9.83. The second-order valence-electron chi connectivity index (χ2n) is 3.87. The van der Waals surface area contributed by atoms with E-state index in [1.54, 1.807) is 30.6 Å². The highest BCUT2D eigenvalue weighted by Crippen LogP contribution is 2.12. The number of hydrogen-bond acceptors (Lipinski definition) is 4. The van der Waals surface area contributed by atoms with Gasteiger partial charge in [-0.15, -0.1) is 0 Å². The molecule has 2 N–H and O–H groups in total. The van der Waals surface area contributed by atoms with Crippen molar-refractivity contribution < 1.29 is 4.92 Å². The summed E-state index contributed by atoms with van der Waals surface area (Å²) in [7, 11) is 0. The number of nitrogens with two attached hydrogens (primary N) is 1. The molecule has 2 rings (SSSR count). The second kappa shape index (κ2) is 5.72. The third-order valence-corrected chi connectivity index (χ3v) is 2.54. The molecule has 6 nitrogen and oxygen atoms in total. The highest BCUT2D eigenvalue weighted by molar-refractivity contribution is 5.97. The zero-order chi connectivity index (χ0) is 13.7. The summed E-state index contributed by atoms with van der Waals surface area (Å²) < 4.78 is 0. The predicted octanol–water partition coefficient (Wildman–Crippen LogP) is 1.90. The van der Waals surface area contributed by atoms with Gasteiger partial charge in [-0.05, 0) is 17.7 Å². The van der Waals surface area contributed by atoms with Crippen molar-refractivity contribution in [2.75, 3.05) is 0 Å². The third kappa shape index (κ3) is 3.35. The van der Waals surface area contributed by atoms with Crippen LogP contribution in [0.4, 0.5) is 5.69 Å². The molecule has 0 spiro atoms. The molecule has 1 aromatic heterocycles. The SMILES string of the molecule is NC(=NCc1ccc([N+](=O)[O-])cc1)c1cccnc1. The van der Waals surface area contributed by atoms with Crippen LogP contribution < -0.4 is 5.73 Å². The van der Waals surface area contributed by atoms with Gasteiger partial charge in [0, 0.05) is 30.1 Å². The van der Waals surface area contributed by atoms with E-state index in [1.165, 1.54) is 12.1 Å². The van der Waals surface area contributed by atoms with Crippen molar-refractivity contribution in [2.24, 2.45) is 10.7 Å². The number of nitro benzene ring substituents is 1. The highest BCUT2D eigenvalue weighted by Gasteiger charge is 2.03.